The van der Waals surface area contributed by atoms with Gasteiger partial charge < -0.3 is 4.74 Å². The van der Waals surface area contributed by atoms with E-state index in [0.29, 0.717) is 18.2 Å². The summed E-state index contributed by atoms with van der Waals surface area (Å²) in [5.74, 6) is 0.836. The Morgan fingerprint density at radius 3 is 2.61 bits per heavy atom. The normalized spacial score (nSPS) is 10.7. The van der Waals surface area contributed by atoms with Crippen LogP contribution < -0.4 is 4.74 Å². The monoisotopic (exact) mass is 438 g/mol. The zero-order valence-electron chi connectivity index (χ0n) is 12.7. The van der Waals surface area contributed by atoms with Crippen LogP contribution in [0.15, 0.2) is 54.6 Å². The van der Waals surface area contributed by atoms with Gasteiger partial charge in [-0.1, -0.05) is 41.9 Å². The summed E-state index contributed by atoms with van der Waals surface area (Å²) >= 11 is 8.38. The fourth-order valence-electron chi connectivity index (χ4n) is 2.34. The van der Waals surface area contributed by atoms with Crippen molar-refractivity contribution in [2.24, 2.45) is 0 Å². The van der Waals surface area contributed by atoms with Gasteiger partial charge in [-0.3, -0.25) is 4.68 Å². The summed E-state index contributed by atoms with van der Waals surface area (Å²) < 4.78 is 8.94. The number of hydrogen-bond donors (Lipinski definition) is 0. The van der Waals surface area contributed by atoms with E-state index in [-0.39, 0.29) is 0 Å². The smallest absolute Gasteiger partial charge is 0.124 e. The molecule has 0 aliphatic carbocycles. The van der Waals surface area contributed by atoms with Crippen LogP contribution in [-0.2, 0) is 13.2 Å². The second-order valence-electron chi connectivity index (χ2n) is 5.29. The van der Waals surface area contributed by atoms with Crippen LogP contribution in [0.1, 0.15) is 16.8 Å². The van der Waals surface area contributed by atoms with E-state index in [1.807, 2.05) is 48.0 Å². The van der Waals surface area contributed by atoms with E-state index in [1.54, 1.807) is 0 Å². The highest BCUT2D eigenvalue weighted by molar-refractivity contribution is 14.1. The van der Waals surface area contributed by atoms with Gasteiger partial charge in [0.25, 0.3) is 0 Å². The predicted octanol–water partition coefficient (Wildman–Crippen LogP) is 5.08. The molecule has 0 fully saturated rings. The summed E-state index contributed by atoms with van der Waals surface area (Å²) in [6.07, 6.45) is 0. The van der Waals surface area contributed by atoms with Gasteiger partial charge in [0.05, 0.1) is 6.54 Å². The Hall–Kier alpha value is -1.53. The molecule has 1 heterocycles. The van der Waals surface area contributed by atoms with Gasteiger partial charge in [0.2, 0.25) is 0 Å². The Bertz CT molecular complexity index is 802. The molecule has 0 bridgehead atoms. The third-order valence-electron chi connectivity index (χ3n) is 3.53. The first kappa shape index (κ1) is 16.3. The van der Waals surface area contributed by atoms with E-state index < -0.39 is 0 Å². The summed E-state index contributed by atoms with van der Waals surface area (Å²) in [4.78, 5) is 0. The maximum atomic E-state index is 6.16. The number of halogens is 2. The van der Waals surface area contributed by atoms with Crippen molar-refractivity contribution in [3.8, 4) is 5.75 Å². The zero-order valence-corrected chi connectivity index (χ0v) is 15.6. The van der Waals surface area contributed by atoms with Crippen molar-refractivity contribution in [2.75, 3.05) is 0 Å². The number of hydrogen-bond acceptors (Lipinski definition) is 2. The Morgan fingerprint density at radius 1 is 1.13 bits per heavy atom. The molecular weight excluding hydrogens is 423 g/mol. The van der Waals surface area contributed by atoms with Crippen molar-refractivity contribution >= 4 is 34.2 Å². The van der Waals surface area contributed by atoms with E-state index in [9.17, 15) is 0 Å². The van der Waals surface area contributed by atoms with Crippen LogP contribution in [0.3, 0.4) is 0 Å². The van der Waals surface area contributed by atoms with E-state index >= 15 is 0 Å². The fraction of sp³-hybridized carbons (Fsp3) is 0.167. The van der Waals surface area contributed by atoms with Crippen LogP contribution >= 0.6 is 34.2 Å². The van der Waals surface area contributed by atoms with Crippen molar-refractivity contribution in [1.82, 2.24) is 9.78 Å². The molecule has 0 amide bonds. The number of benzene rings is 2. The van der Waals surface area contributed by atoms with Crippen LogP contribution in [0.4, 0.5) is 0 Å². The highest BCUT2D eigenvalue weighted by atomic mass is 127. The molecule has 0 unspecified atom stereocenters. The largest absolute Gasteiger partial charge is 0.489 e. The second-order valence-corrected chi connectivity index (χ2v) is 6.83. The number of rotatable bonds is 5. The lowest BCUT2D eigenvalue weighted by atomic mass is 10.2. The van der Waals surface area contributed by atoms with E-state index in [0.717, 1.165) is 26.3 Å². The van der Waals surface area contributed by atoms with Gasteiger partial charge in [-0.05, 0) is 59.3 Å². The molecular formula is C18H16ClIN2O. The van der Waals surface area contributed by atoms with Gasteiger partial charge in [0.1, 0.15) is 16.1 Å². The minimum absolute atomic E-state index is 0.533. The summed E-state index contributed by atoms with van der Waals surface area (Å²) in [5.41, 5.74) is 3.28. The molecule has 118 valence electrons. The summed E-state index contributed by atoms with van der Waals surface area (Å²) in [6, 6.07) is 17.9. The molecule has 3 nitrogen and oxygen atoms in total. The molecule has 0 saturated heterocycles. The first-order chi connectivity index (χ1) is 11.1. The van der Waals surface area contributed by atoms with Crippen LogP contribution in [0, 0.1) is 10.6 Å². The van der Waals surface area contributed by atoms with Gasteiger partial charge in [0.15, 0.2) is 0 Å². The maximum absolute atomic E-state index is 6.16. The number of aryl methyl sites for hydroxylation is 1. The molecule has 23 heavy (non-hydrogen) atoms. The van der Waals surface area contributed by atoms with Gasteiger partial charge >= 0.3 is 0 Å². The Morgan fingerprint density at radius 2 is 1.91 bits per heavy atom. The molecule has 0 saturated carbocycles. The molecule has 0 radical (unpaired) electrons. The first-order valence-electron chi connectivity index (χ1n) is 7.27. The molecule has 0 N–H and O–H groups in total. The topological polar surface area (TPSA) is 27.1 Å². The molecule has 0 atom stereocenters. The second kappa shape index (κ2) is 7.36. The number of aromatic nitrogens is 2. The Balaban J connectivity index is 1.81. The van der Waals surface area contributed by atoms with Gasteiger partial charge in [-0.25, -0.2) is 0 Å². The summed E-state index contributed by atoms with van der Waals surface area (Å²) in [6.45, 7) is 3.22. The van der Waals surface area contributed by atoms with Gasteiger partial charge in [-0.15, -0.1) is 0 Å². The Labute approximate surface area is 154 Å². The molecule has 0 spiro atoms. The lowest BCUT2D eigenvalue weighted by molar-refractivity contribution is 0.302. The molecule has 3 rings (SSSR count). The van der Waals surface area contributed by atoms with Crippen molar-refractivity contribution in [3.63, 3.8) is 0 Å². The number of ether oxygens (including phenoxy) is 1. The lowest BCUT2D eigenvalue weighted by Gasteiger charge is -2.13. The van der Waals surface area contributed by atoms with Crippen molar-refractivity contribution in [3.05, 3.63) is 80.1 Å². The molecule has 0 aliphatic heterocycles. The highest BCUT2D eigenvalue weighted by Crippen LogP contribution is 2.25. The van der Waals surface area contributed by atoms with Crippen LogP contribution in [0.5, 0.6) is 5.75 Å². The SMILES string of the molecule is Cc1cc(I)nn1Cc1cc(Cl)ccc1OCc1ccccc1. The minimum Gasteiger partial charge on any atom is -0.489 e. The van der Waals surface area contributed by atoms with Crippen LogP contribution in [0.25, 0.3) is 0 Å². The van der Waals surface area contributed by atoms with E-state index in [1.165, 1.54) is 0 Å². The third kappa shape index (κ3) is 4.26. The van der Waals surface area contributed by atoms with Crippen molar-refractivity contribution in [2.45, 2.75) is 20.1 Å². The van der Waals surface area contributed by atoms with Crippen molar-refractivity contribution < 1.29 is 4.74 Å². The molecule has 1 aromatic heterocycles. The zero-order chi connectivity index (χ0) is 16.2. The standard InChI is InChI=1S/C18H16ClIN2O/c1-13-9-18(20)21-22(13)11-15-10-16(19)7-8-17(15)23-12-14-5-3-2-4-6-14/h2-10H,11-12H2,1H3. The minimum atomic E-state index is 0.533. The number of nitrogens with zero attached hydrogens (tertiary/aromatic N) is 2. The van der Waals surface area contributed by atoms with Crippen LogP contribution in [-0.4, -0.2) is 9.78 Å². The molecule has 5 heteroatoms. The average molecular weight is 439 g/mol. The van der Waals surface area contributed by atoms with E-state index in [2.05, 4.69) is 45.9 Å². The maximum Gasteiger partial charge on any atom is 0.124 e. The quantitative estimate of drug-likeness (QED) is 0.520. The van der Waals surface area contributed by atoms with E-state index in [4.69, 9.17) is 16.3 Å². The van der Waals surface area contributed by atoms with Gasteiger partial charge in [0, 0.05) is 16.3 Å². The predicted molar refractivity (Wildman–Crippen MR) is 101 cm³/mol. The molecule has 3 aromatic rings. The highest BCUT2D eigenvalue weighted by Gasteiger charge is 2.09. The Kier molecular flexibility index (Phi) is 5.23. The fourth-order valence-corrected chi connectivity index (χ4v) is 3.24. The third-order valence-corrected chi connectivity index (χ3v) is 4.29. The van der Waals surface area contributed by atoms with Crippen LogP contribution in [0.2, 0.25) is 5.02 Å². The first-order valence-corrected chi connectivity index (χ1v) is 8.72. The molecule has 2 aromatic carbocycles. The average Bonchev–Trinajstić information content (AvgIpc) is 2.85. The summed E-state index contributed by atoms with van der Waals surface area (Å²) in [7, 11) is 0. The summed E-state index contributed by atoms with van der Waals surface area (Å²) in [5, 5.41) is 5.20. The molecule has 0 aliphatic rings. The lowest BCUT2D eigenvalue weighted by Crippen LogP contribution is -2.06. The van der Waals surface area contributed by atoms with Gasteiger partial charge in [-0.2, -0.15) is 5.10 Å². The van der Waals surface area contributed by atoms with Crippen molar-refractivity contribution in [1.29, 1.82) is 0 Å².